The molecule has 2 aromatic rings. The topological polar surface area (TPSA) is 29.1 Å². The van der Waals surface area contributed by atoms with Crippen molar-refractivity contribution >= 4 is 40.8 Å². The van der Waals surface area contributed by atoms with Crippen LogP contribution in [0.15, 0.2) is 52.7 Å². The molecule has 0 saturated carbocycles. The van der Waals surface area contributed by atoms with Gasteiger partial charge in [-0.1, -0.05) is 18.2 Å². The minimum Gasteiger partial charge on any atom is -0.321 e. The van der Waals surface area contributed by atoms with E-state index in [0.29, 0.717) is 22.3 Å². The van der Waals surface area contributed by atoms with Crippen LogP contribution < -0.4 is 5.32 Å². The van der Waals surface area contributed by atoms with E-state index in [-0.39, 0.29) is 5.91 Å². The van der Waals surface area contributed by atoms with Gasteiger partial charge in [0, 0.05) is 15.8 Å². The largest absolute Gasteiger partial charge is 0.398 e. The molecule has 0 aliphatic rings. The summed E-state index contributed by atoms with van der Waals surface area (Å²) in [5, 5.41) is 4.49. The molecule has 1 N–H and O–H groups in total. The molecule has 2 rings (SSSR count). The Kier molecular flexibility index (Phi) is 5.68. The molecule has 0 aliphatic carbocycles. The summed E-state index contributed by atoms with van der Waals surface area (Å²) in [5.41, 5.74) is 0.373. The van der Waals surface area contributed by atoms with Crippen LogP contribution in [-0.4, -0.2) is 17.8 Å². The van der Waals surface area contributed by atoms with E-state index in [4.69, 9.17) is 0 Å². The fraction of sp³-hybridized carbons (Fsp3) is 0.133. The van der Waals surface area contributed by atoms with E-state index in [1.54, 1.807) is 30.3 Å². The van der Waals surface area contributed by atoms with Crippen LogP contribution in [-0.2, 0) is 4.79 Å². The van der Waals surface area contributed by atoms with Crippen LogP contribution in [0.5, 0.6) is 0 Å². The highest BCUT2D eigenvalue weighted by Crippen LogP contribution is 2.32. The van der Waals surface area contributed by atoms with E-state index in [1.807, 2.05) is 17.5 Å². The van der Waals surface area contributed by atoms with E-state index < -0.39 is 11.9 Å². The number of halogens is 3. The van der Waals surface area contributed by atoms with Gasteiger partial charge in [-0.3, -0.25) is 4.79 Å². The van der Waals surface area contributed by atoms with Crippen molar-refractivity contribution in [2.24, 2.45) is 0 Å². The summed E-state index contributed by atoms with van der Waals surface area (Å²) in [6.45, 7) is 0. The number of thioether (sulfide) groups is 1. The quantitative estimate of drug-likeness (QED) is 0.608. The molecule has 0 unspecified atom stereocenters. The van der Waals surface area contributed by atoms with E-state index in [2.05, 4.69) is 5.32 Å². The Morgan fingerprint density at radius 3 is 2.68 bits per heavy atom. The van der Waals surface area contributed by atoms with Gasteiger partial charge in [0.1, 0.15) is 0 Å². The first-order valence-electron chi connectivity index (χ1n) is 6.25. The predicted octanol–water partition coefficient (Wildman–Crippen LogP) is 5.05. The molecule has 0 atom stereocenters. The van der Waals surface area contributed by atoms with Gasteiger partial charge in [0.15, 0.2) is 0 Å². The lowest BCUT2D eigenvalue weighted by Gasteiger charge is -2.10. The maximum Gasteiger partial charge on any atom is 0.398 e. The molecule has 1 aromatic heterocycles. The number of anilines is 1. The molecule has 116 valence electrons. The van der Waals surface area contributed by atoms with Crippen molar-refractivity contribution in [3.05, 3.63) is 52.7 Å². The highest BCUT2D eigenvalue weighted by molar-refractivity contribution is 7.99. The summed E-state index contributed by atoms with van der Waals surface area (Å²) in [6, 6.07) is 10.2. The van der Waals surface area contributed by atoms with Crippen molar-refractivity contribution < 1.29 is 18.0 Å². The zero-order valence-electron chi connectivity index (χ0n) is 11.3. The molecular formula is C15H12F3NOS2. The number of benzene rings is 1. The van der Waals surface area contributed by atoms with Gasteiger partial charge in [-0.05, 0) is 29.7 Å². The van der Waals surface area contributed by atoms with Crippen LogP contribution in [0.1, 0.15) is 4.88 Å². The molecule has 0 aliphatic heterocycles. The molecule has 0 saturated heterocycles. The fourth-order valence-electron chi connectivity index (χ4n) is 1.57. The van der Waals surface area contributed by atoms with Crippen LogP contribution in [0.4, 0.5) is 18.9 Å². The number of carbonyl (C=O) groups is 1. The van der Waals surface area contributed by atoms with Crippen molar-refractivity contribution in [2.45, 2.75) is 11.1 Å². The molecule has 2 nitrogen and oxygen atoms in total. The number of nitrogens with one attached hydrogen (secondary N) is 1. The number of rotatable bonds is 5. The van der Waals surface area contributed by atoms with Gasteiger partial charge in [-0.2, -0.15) is 13.2 Å². The molecule has 0 radical (unpaired) electrons. The van der Waals surface area contributed by atoms with Crippen molar-refractivity contribution in [3.8, 4) is 0 Å². The summed E-state index contributed by atoms with van der Waals surface area (Å²) in [7, 11) is 0. The summed E-state index contributed by atoms with van der Waals surface area (Å²) in [6.07, 6.45) is -1.23. The van der Waals surface area contributed by atoms with Crippen molar-refractivity contribution in [3.63, 3.8) is 0 Å². The van der Waals surface area contributed by atoms with Crippen LogP contribution in [0.3, 0.4) is 0 Å². The fourth-order valence-corrected chi connectivity index (χ4v) is 2.96. The van der Waals surface area contributed by atoms with E-state index in [1.165, 1.54) is 17.4 Å². The minimum absolute atomic E-state index is 0.373. The third-order valence-corrected chi connectivity index (χ3v) is 4.45. The molecular weight excluding hydrogens is 331 g/mol. The number of para-hydroxylation sites is 1. The Labute approximate surface area is 134 Å². The van der Waals surface area contributed by atoms with Gasteiger partial charge < -0.3 is 5.32 Å². The van der Waals surface area contributed by atoms with Gasteiger partial charge in [-0.25, -0.2) is 0 Å². The van der Waals surface area contributed by atoms with Crippen LogP contribution in [0, 0.1) is 0 Å². The molecule has 1 aromatic carbocycles. The van der Waals surface area contributed by atoms with E-state index in [0.717, 1.165) is 4.88 Å². The van der Waals surface area contributed by atoms with E-state index in [9.17, 15) is 18.0 Å². The number of alkyl halides is 3. The lowest BCUT2D eigenvalue weighted by molar-refractivity contribution is -0.111. The number of amides is 1. The summed E-state index contributed by atoms with van der Waals surface area (Å²) in [5.74, 6) is -1.38. The monoisotopic (exact) mass is 343 g/mol. The third kappa shape index (κ3) is 5.57. The standard InChI is InChI=1S/C15H12F3NOS2/c16-15(17,18)10-22-13-6-2-1-5-12(13)19-14(20)8-7-11-4-3-9-21-11/h1-9H,10H2,(H,19,20)/b8-7+. The number of hydrogen-bond acceptors (Lipinski definition) is 3. The van der Waals surface area contributed by atoms with Gasteiger partial charge >= 0.3 is 6.18 Å². The second-order valence-electron chi connectivity index (χ2n) is 4.24. The highest BCUT2D eigenvalue weighted by Gasteiger charge is 2.27. The zero-order valence-corrected chi connectivity index (χ0v) is 12.9. The average Bonchev–Trinajstić information content (AvgIpc) is 2.97. The molecule has 7 heteroatoms. The summed E-state index contributed by atoms with van der Waals surface area (Å²) < 4.78 is 36.9. The Morgan fingerprint density at radius 2 is 2.00 bits per heavy atom. The SMILES string of the molecule is O=C(/C=C/c1cccs1)Nc1ccccc1SCC(F)(F)F. The Balaban J connectivity index is 2.01. The highest BCUT2D eigenvalue weighted by atomic mass is 32.2. The number of carbonyl (C=O) groups excluding carboxylic acids is 1. The Bertz CT molecular complexity index is 651. The summed E-state index contributed by atoms with van der Waals surface area (Å²) >= 11 is 2.14. The molecule has 1 heterocycles. The first kappa shape index (κ1) is 16.6. The van der Waals surface area contributed by atoms with Gasteiger partial charge in [0.05, 0.1) is 11.4 Å². The summed E-state index contributed by atoms with van der Waals surface area (Å²) in [4.78, 5) is 13.1. The zero-order chi connectivity index (χ0) is 16.0. The van der Waals surface area contributed by atoms with Crippen molar-refractivity contribution in [1.29, 1.82) is 0 Å². The second kappa shape index (κ2) is 7.51. The van der Waals surface area contributed by atoms with Crippen molar-refractivity contribution in [1.82, 2.24) is 0 Å². The third-order valence-electron chi connectivity index (χ3n) is 2.48. The number of thiophene rings is 1. The lowest BCUT2D eigenvalue weighted by Crippen LogP contribution is -2.12. The van der Waals surface area contributed by atoms with Crippen molar-refractivity contribution in [2.75, 3.05) is 11.1 Å². The maximum absolute atomic E-state index is 12.3. The van der Waals surface area contributed by atoms with Gasteiger partial charge in [-0.15, -0.1) is 23.1 Å². The molecule has 0 spiro atoms. The van der Waals surface area contributed by atoms with Crippen LogP contribution in [0.25, 0.3) is 6.08 Å². The van der Waals surface area contributed by atoms with Gasteiger partial charge in [0.2, 0.25) is 5.91 Å². The Morgan fingerprint density at radius 1 is 1.23 bits per heavy atom. The Hall–Kier alpha value is -1.73. The lowest BCUT2D eigenvalue weighted by atomic mass is 10.3. The van der Waals surface area contributed by atoms with E-state index >= 15 is 0 Å². The van der Waals surface area contributed by atoms with Gasteiger partial charge in [0.25, 0.3) is 0 Å². The molecule has 22 heavy (non-hydrogen) atoms. The first-order chi connectivity index (χ1) is 10.4. The molecule has 0 fully saturated rings. The average molecular weight is 343 g/mol. The van der Waals surface area contributed by atoms with Crippen LogP contribution in [0.2, 0.25) is 0 Å². The predicted molar refractivity (Wildman–Crippen MR) is 85.2 cm³/mol. The normalized spacial score (nSPS) is 11.8. The molecule has 0 bridgehead atoms. The maximum atomic E-state index is 12.3. The number of hydrogen-bond donors (Lipinski definition) is 1. The second-order valence-corrected chi connectivity index (χ2v) is 6.23. The van der Waals surface area contributed by atoms with Crippen LogP contribution >= 0.6 is 23.1 Å². The first-order valence-corrected chi connectivity index (χ1v) is 8.12. The molecule has 1 amide bonds. The minimum atomic E-state index is -4.25. The smallest absolute Gasteiger partial charge is 0.321 e.